The van der Waals surface area contributed by atoms with Gasteiger partial charge in [0.1, 0.15) is 6.54 Å². The van der Waals surface area contributed by atoms with Gasteiger partial charge in [-0.3, -0.25) is 14.2 Å². The van der Waals surface area contributed by atoms with Crippen molar-refractivity contribution in [2.24, 2.45) is 5.92 Å². The molecule has 1 amide bonds. The number of carbonyl (C=O) groups is 1. The summed E-state index contributed by atoms with van der Waals surface area (Å²) < 4.78 is 30.2. The lowest BCUT2D eigenvalue weighted by Gasteiger charge is -2.30. The van der Waals surface area contributed by atoms with Crippen LogP contribution in [-0.2, 0) is 21.4 Å². The van der Waals surface area contributed by atoms with Crippen LogP contribution < -0.4 is 9.60 Å². The molecule has 1 N–H and O–H groups in total. The molecule has 1 saturated carbocycles. The van der Waals surface area contributed by atoms with Crippen molar-refractivity contribution in [3.8, 4) is 0 Å². The van der Waals surface area contributed by atoms with Gasteiger partial charge < -0.3 is 4.90 Å². The summed E-state index contributed by atoms with van der Waals surface area (Å²) in [6.45, 7) is 3.64. The second-order valence-corrected chi connectivity index (χ2v) is 11.0. The monoisotopic (exact) mass is 437 g/mol. The van der Waals surface area contributed by atoms with E-state index in [0.717, 1.165) is 63.0 Å². The third-order valence-electron chi connectivity index (χ3n) is 6.06. The first-order valence-corrected chi connectivity index (χ1v) is 12.6. The van der Waals surface area contributed by atoms with Crippen molar-refractivity contribution < 1.29 is 13.2 Å². The molecule has 9 heteroatoms. The molecule has 1 aromatic heterocycles. The third-order valence-corrected chi connectivity index (χ3v) is 8.52. The van der Waals surface area contributed by atoms with E-state index in [1.807, 2.05) is 4.90 Å². The first kappa shape index (κ1) is 20.6. The number of fused-ring (bicyclic) bond motifs is 1. The molecule has 7 nitrogen and oxygen atoms in total. The Morgan fingerprint density at radius 2 is 1.86 bits per heavy atom. The van der Waals surface area contributed by atoms with E-state index >= 15 is 0 Å². The molecule has 1 aliphatic carbocycles. The lowest BCUT2D eigenvalue weighted by atomic mass is 9.99. The van der Waals surface area contributed by atoms with Crippen molar-refractivity contribution in [3.05, 3.63) is 27.9 Å². The van der Waals surface area contributed by atoms with Crippen LogP contribution in [0.3, 0.4) is 0 Å². The van der Waals surface area contributed by atoms with Crippen molar-refractivity contribution in [2.45, 2.75) is 62.9 Å². The van der Waals surface area contributed by atoms with E-state index in [4.69, 9.17) is 0 Å². The van der Waals surface area contributed by atoms with Gasteiger partial charge in [0.05, 0.1) is 15.1 Å². The Morgan fingerprint density at radius 3 is 2.55 bits per heavy atom. The second kappa shape index (κ2) is 8.20. The number of aromatic nitrogens is 1. The van der Waals surface area contributed by atoms with E-state index in [1.54, 1.807) is 12.1 Å². The molecule has 1 aromatic carbocycles. The van der Waals surface area contributed by atoms with Gasteiger partial charge in [0.2, 0.25) is 15.9 Å². The molecule has 2 aliphatic rings. The normalized spacial score (nSPS) is 19.3. The highest BCUT2D eigenvalue weighted by Gasteiger charge is 2.25. The Hall–Kier alpha value is -1.71. The molecular formula is C20H27N3O4S2. The highest BCUT2D eigenvalue weighted by atomic mass is 32.2. The summed E-state index contributed by atoms with van der Waals surface area (Å²) >= 11 is 0.985. The summed E-state index contributed by atoms with van der Waals surface area (Å²) in [5, 5.41) is 0. The first-order valence-electron chi connectivity index (χ1n) is 10.3. The van der Waals surface area contributed by atoms with E-state index in [2.05, 4.69) is 11.6 Å². The van der Waals surface area contributed by atoms with Crippen LogP contribution in [0.5, 0.6) is 0 Å². The molecule has 2 aromatic rings. The molecule has 1 saturated heterocycles. The minimum atomic E-state index is -3.61. The number of piperidine rings is 1. The number of rotatable bonds is 5. The standard InChI is InChI=1S/C20H27N3O4S2/c1-14-8-10-22(11-9-14)19(24)13-23-17-7-6-16(12-18(17)28-20(23)25)29(26,27)21-15-4-2-3-5-15/h6-7,12,14-15,21H,2-5,8-11,13H2,1H3. The number of likely N-dealkylation sites (tertiary alicyclic amines) is 1. The number of thiazole rings is 1. The number of sulfonamides is 1. The lowest BCUT2D eigenvalue weighted by molar-refractivity contribution is -0.133. The van der Waals surface area contributed by atoms with Crippen LogP contribution in [0.15, 0.2) is 27.9 Å². The number of hydrogen-bond donors (Lipinski definition) is 1. The molecule has 0 spiro atoms. The predicted octanol–water partition coefficient (Wildman–Crippen LogP) is 2.54. The zero-order chi connectivity index (χ0) is 20.6. The maximum atomic E-state index is 12.7. The Bertz CT molecular complexity index is 1060. The van der Waals surface area contributed by atoms with Gasteiger partial charge in [-0.05, 0) is 49.8 Å². The highest BCUT2D eigenvalue weighted by Crippen LogP contribution is 2.25. The SMILES string of the molecule is CC1CCN(C(=O)Cn2c(=O)sc3cc(S(=O)(=O)NC4CCCC4)ccc32)CC1. The van der Waals surface area contributed by atoms with Gasteiger partial charge in [0, 0.05) is 19.1 Å². The fraction of sp³-hybridized carbons (Fsp3) is 0.600. The molecular weight excluding hydrogens is 410 g/mol. The predicted molar refractivity (Wildman–Crippen MR) is 114 cm³/mol. The van der Waals surface area contributed by atoms with Crippen molar-refractivity contribution in [1.29, 1.82) is 0 Å². The van der Waals surface area contributed by atoms with Crippen LogP contribution in [0, 0.1) is 5.92 Å². The van der Waals surface area contributed by atoms with Gasteiger partial charge in [0.25, 0.3) is 0 Å². The third kappa shape index (κ3) is 4.41. The second-order valence-electron chi connectivity index (χ2n) is 8.25. The number of carbonyl (C=O) groups excluding carboxylic acids is 1. The van der Waals surface area contributed by atoms with Crippen molar-refractivity contribution in [2.75, 3.05) is 13.1 Å². The van der Waals surface area contributed by atoms with Gasteiger partial charge in [-0.1, -0.05) is 31.1 Å². The molecule has 29 heavy (non-hydrogen) atoms. The van der Waals surface area contributed by atoms with Crippen molar-refractivity contribution in [1.82, 2.24) is 14.2 Å². The fourth-order valence-electron chi connectivity index (χ4n) is 4.19. The molecule has 0 atom stereocenters. The largest absolute Gasteiger partial charge is 0.341 e. The van der Waals surface area contributed by atoms with E-state index in [9.17, 15) is 18.0 Å². The number of benzene rings is 1. The maximum absolute atomic E-state index is 12.7. The summed E-state index contributed by atoms with van der Waals surface area (Å²) in [6, 6.07) is 4.70. The quantitative estimate of drug-likeness (QED) is 0.779. The molecule has 0 bridgehead atoms. The maximum Gasteiger partial charge on any atom is 0.308 e. The van der Waals surface area contributed by atoms with Gasteiger partial charge in [0.15, 0.2) is 0 Å². The fourth-order valence-corrected chi connectivity index (χ4v) is 6.52. The summed E-state index contributed by atoms with van der Waals surface area (Å²) in [5.74, 6) is 0.570. The number of nitrogens with zero attached hydrogens (tertiary/aromatic N) is 2. The van der Waals surface area contributed by atoms with Crippen LogP contribution in [0.4, 0.5) is 0 Å². The first-order chi connectivity index (χ1) is 13.8. The smallest absolute Gasteiger partial charge is 0.308 e. The van der Waals surface area contributed by atoms with Crippen molar-refractivity contribution in [3.63, 3.8) is 0 Å². The lowest BCUT2D eigenvalue weighted by Crippen LogP contribution is -2.40. The Morgan fingerprint density at radius 1 is 1.17 bits per heavy atom. The summed E-state index contributed by atoms with van der Waals surface area (Å²) in [7, 11) is -3.61. The number of nitrogens with one attached hydrogen (secondary N) is 1. The van der Waals surface area contributed by atoms with Crippen molar-refractivity contribution >= 4 is 37.5 Å². The highest BCUT2D eigenvalue weighted by molar-refractivity contribution is 7.89. The Balaban J connectivity index is 1.55. The average molecular weight is 438 g/mol. The van der Waals surface area contributed by atoms with E-state index < -0.39 is 10.0 Å². The molecule has 0 radical (unpaired) electrons. The van der Waals surface area contributed by atoms with Crippen LogP contribution in [-0.4, -0.2) is 42.9 Å². The molecule has 158 valence electrons. The minimum absolute atomic E-state index is 0.000362. The minimum Gasteiger partial charge on any atom is -0.341 e. The average Bonchev–Trinajstić information content (AvgIpc) is 3.29. The molecule has 0 unspecified atom stereocenters. The van der Waals surface area contributed by atoms with Gasteiger partial charge in [-0.15, -0.1) is 0 Å². The molecule has 2 heterocycles. The summed E-state index contributed by atoms with van der Waals surface area (Å²) in [5.41, 5.74) is 0.610. The Kier molecular flexibility index (Phi) is 5.81. The van der Waals surface area contributed by atoms with Crippen LogP contribution in [0.1, 0.15) is 45.4 Å². The summed E-state index contributed by atoms with van der Waals surface area (Å²) in [6.07, 6.45) is 5.78. The zero-order valence-electron chi connectivity index (χ0n) is 16.6. The Labute approximate surface area is 174 Å². The molecule has 2 fully saturated rings. The van der Waals surface area contributed by atoms with Gasteiger partial charge in [-0.2, -0.15) is 0 Å². The van der Waals surface area contributed by atoms with E-state index in [0.29, 0.717) is 16.1 Å². The van der Waals surface area contributed by atoms with Gasteiger partial charge >= 0.3 is 4.87 Å². The number of hydrogen-bond acceptors (Lipinski definition) is 5. The van der Waals surface area contributed by atoms with E-state index in [-0.39, 0.29) is 28.3 Å². The molecule has 4 rings (SSSR count). The topological polar surface area (TPSA) is 88.5 Å². The van der Waals surface area contributed by atoms with Gasteiger partial charge in [-0.25, -0.2) is 13.1 Å². The van der Waals surface area contributed by atoms with Crippen LogP contribution in [0.2, 0.25) is 0 Å². The van der Waals surface area contributed by atoms with Crippen LogP contribution >= 0.6 is 11.3 Å². The summed E-state index contributed by atoms with van der Waals surface area (Å²) in [4.78, 5) is 26.9. The molecule has 1 aliphatic heterocycles. The number of amides is 1. The van der Waals surface area contributed by atoms with Crippen LogP contribution in [0.25, 0.3) is 10.2 Å². The zero-order valence-corrected chi connectivity index (χ0v) is 18.2. The van der Waals surface area contributed by atoms with E-state index in [1.165, 1.54) is 10.6 Å².